The van der Waals surface area contributed by atoms with Crippen LogP contribution in [0.5, 0.6) is 0 Å². The van der Waals surface area contributed by atoms with Crippen LogP contribution in [0.3, 0.4) is 0 Å². The summed E-state index contributed by atoms with van der Waals surface area (Å²) in [5.74, 6) is 0.880. The molecule has 0 atom stereocenters. The molecule has 0 saturated carbocycles. The molecule has 0 aliphatic rings. The molecule has 0 bridgehead atoms. The number of hydrogen-bond acceptors (Lipinski definition) is 3. The molecule has 0 aromatic heterocycles. The Morgan fingerprint density at radius 3 is 2.62 bits per heavy atom. The van der Waals surface area contributed by atoms with E-state index in [0.29, 0.717) is 11.7 Å². The van der Waals surface area contributed by atoms with Gasteiger partial charge < -0.3 is 4.74 Å². The standard InChI is InChI=1S/C9H10BrNOS/c1-12-9(11)6-13-8-4-2-7(10)3-5-8/h2-5,11H,6H2,1H3. The minimum Gasteiger partial charge on any atom is -0.484 e. The molecule has 13 heavy (non-hydrogen) atoms. The van der Waals surface area contributed by atoms with E-state index in [-0.39, 0.29) is 0 Å². The molecular weight excluding hydrogens is 250 g/mol. The molecule has 1 aromatic carbocycles. The molecule has 70 valence electrons. The molecule has 0 amide bonds. The highest BCUT2D eigenvalue weighted by atomic mass is 79.9. The Balaban J connectivity index is 2.46. The van der Waals surface area contributed by atoms with E-state index >= 15 is 0 Å². The predicted molar refractivity (Wildman–Crippen MR) is 59.6 cm³/mol. The van der Waals surface area contributed by atoms with E-state index in [1.165, 1.54) is 7.11 Å². The van der Waals surface area contributed by atoms with Gasteiger partial charge in [0.05, 0.1) is 12.9 Å². The maximum atomic E-state index is 7.28. The number of rotatable bonds is 3. The van der Waals surface area contributed by atoms with Gasteiger partial charge in [0.25, 0.3) is 0 Å². The Kier molecular flexibility index (Phi) is 4.32. The van der Waals surface area contributed by atoms with E-state index in [1.54, 1.807) is 11.8 Å². The lowest BCUT2D eigenvalue weighted by atomic mass is 10.4. The molecule has 2 nitrogen and oxygen atoms in total. The third-order valence-corrected chi connectivity index (χ3v) is 2.97. The number of methoxy groups -OCH3 is 1. The van der Waals surface area contributed by atoms with Crippen LogP contribution in [0, 0.1) is 5.41 Å². The van der Waals surface area contributed by atoms with Crippen molar-refractivity contribution in [2.75, 3.05) is 12.9 Å². The average Bonchev–Trinajstić information content (AvgIpc) is 2.16. The van der Waals surface area contributed by atoms with Crippen molar-refractivity contribution in [1.82, 2.24) is 0 Å². The topological polar surface area (TPSA) is 33.1 Å². The molecular formula is C9H10BrNOS. The van der Waals surface area contributed by atoms with Gasteiger partial charge in [-0.2, -0.15) is 0 Å². The molecule has 0 spiro atoms. The van der Waals surface area contributed by atoms with Gasteiger partial charge in [-0.1, -0.05) is 15.9 Å². The van der Waals surface area contributed by atoms with Crippen molar-refractivity contribution in [3.05, 3.63) is 28.7 Å². The summed E-state index contributed by atoms with van der Waals surface area (Å²) in [6.45, 7) is 0. The van der Waals surface area contributed by atoms with E-state index in [0.717, 1.165) is 9.37 Å². The van der Waals surface area contributed by atoms with Gasteiger partial charge in [0, 0.05) is 9.37 Å². The Bertz CT molecular complexity index is 286. The minimum absolute atomic E-state index is 0.299. The van der Waals surface area contributed by atoms with Gasteiger partial charge in [-0.3, -0.25) is 5.41 Å². The van der Waals surface area contributed by atoms with Crippen LogP contribution in [0.15, 0.2) is 33.6 Å². The van der Waals surface area contributed by atoms with Gasteiger partial charge >= 0.3 is 0 Å². The quantitative estimate of drug-likeness (QED) is 0.514. The van der Waals surface area contributed by atoms with Crippen LogP contribution in [-0.4, -0.2) is 18.8 Å². The van der Waals surface area contributed by atoms with Crippen molar-refractivity contribution in [2.24, 2.45) is 0 Å². The third kappa shape index (κ3) is 3.83. The molecule has 4 heteroatoms. The zero-order chi connectivity index (χ0) is 9.68. The first kappa shape index (κ1) is 10.6. The smallest absolute Gasteiger partial charge is 0.190 e. The van der Waals surface area contributed by atoms with Crippen molar-refractivity contribution in [2.45, 2.75) is 4.90 Å². The summed E-state index contributed by atoms with van der Waals surface area (Å²) >= 11 is 4.95. The highest BCUT2D eigenvalue weighted by Crippen LogP contribution is 2.20. The van der Waals surface area contributed by atoms with Crippen LogP contribution in [0.4, 0.5) is 0 Å². The highest BCUT2D eigenvalue weighted by Gasteiger charge is 1.97. The Labute approximate surface area is 90.3 Å². The summed E-state index contributed by atoms with van der Waals surface area (Å²) in [7, 11) is 1.52. The van der Waals surface area contributed by atoms with E-state index in [4.69, 9.17) is 10.1 Å². The normalized spacial score (nSPS) is 9.69. The molecule has 0 aliphatic heterocycles. The predicted octanol–water partition coefficient (Wildman–Crippen LogP) is 3.16. The van der Waals surface area contributed by atoms with E-state index in [1.807, 2.05) is 24.3 Å². The molecule has 0 unspecified atom stereocenters. The van der Waals surface area contributed by atoms with Crippen LogP contribution >= 0.6 is 27.7 Å². The lowest BCUT2D eigenvalue weighted by Crippen LogP contribution is -2.01. The number of nitrogens with one attached hydrogen (secondary N) is 1. The lowest BCUT2D eigenvalue weighted by Gasteiger charge is -2.02. The van der Waals surface area contributed by atoms with Crippen LogP contribution in [0.25, 0.3) is 0 Å². The fourth-order valence-corrected chi connectivity index (χ4v) is 1.75. The largest absolute Gasteiger partial charge is 0.484 e. The van der Waals surface area contributed by atoms with Crippen LogP contribution in [0.1, 0.15) is 0 Å². The van der Waals surface area contributed by atoms with Gasteiger partial charge in [-0.15, -0.1) is 11.8 Å². The Morgan fingerprint density at radius 2 is 2.08 bits per heavy atom. The number of hydrogen-bond donors (Lipinski definition) is 1. The fourth-order valence-electron chi connectivity index (χ4n) is 0.739. The minimum atomic E-state index is 0.299. The summed E-state index contributed by atoms with van der Waals surface area (Å²) in [5.41, 5.74) is 0. The van der Waals surface area contributed by atoms with Gasteiger partial charge in [0.1, 0.15) is 0 Å². The van der Waals surface area contributed by atoms with Gasteiger partial charge in [0.2, 0.25) is 0 Å². The second-order valence-electron chi connectivity index (χ2n) is 2.37. The second kappa shape index (κ2) is 5.29. The molecule has 0 aliphatic carbocycles. The molecule has 1 rings (SSSR count). The first-order chi connectivity index (χ1) is 6.22. The van der Waals surface area contributed by atoms with Crippen molar-refractivity contribution >= 4 is 33.6 Å². The summed E-state index contributed by atoms with van der Waals surface area (Å²) < 4.78 is 5.82. The van der Waals surface area contributed by atoms with Crippen molar-refractivity contribution in [3.63, 3.8) is 0 Å². The first-order valence-electron chi connectivity index (χ1n) is 3.72. The first-order valence-corrected chi connectivity index (χ1v) is 5.50. The maximum absolute atomic E-state index is 7.28. The van der Waals surface area contributed by atoms with Gasteiger partial charge in [0.15, 0.2) is 5.90 Å². The van der Waals surface area contributed by atoms with Crippen LogP contribution in [-0.2, 0) is 4.74 Å². The van der Waals surface area contributed by atoms with E-state index in [9.17, 15) is 0 Å². The molecule has 0 saturated heterocycles. The molecule has 0 radical (unpaired) electrons. The summed E-state index contributed by atoms with van der Waals surface area (Å²) in [6.07, 6.45) is 0. The summed E-state index contributed by atoms with van der Waals surface area (Å²) in [4.78, 5) is 1.14. The Hall–Kier alpha value is -0.480. The zero-order valence-electron chi connectivity index (χ0n) is 7.21. The fraction of sp³-hybridized carbons (Fsp3) is 0.222. The zero-order valence-corrected chi connectivity index (χ0v) is 9.61. The maximum Gasteiger partial charge on any atom is 0.190 e. The Morgan fingerprint density at radius 1 is 1.46 bits per heavy atom. The molecule has 1 aromatic rings. The molecule has 0 fully saturated rings. The lowest BCUT2D eigenvalue weighted by molar-refractivity contribution is 0.397. The van der Waals surface area contributed by atoms with Crippen molar-refractivity contribution < 1.29 is 4.74 Å². The highest BCUT2D eigenvalue weighted by molar-refractivity contribution is 9.10. The van der Waals surface area contributed by atoms with Crippen LogP contribution in [0.2, 0.25) is 0 Å². The van der Waals surface area contributed by atoms with E-state index < -0.39 is 0 Å². The second-order valence-corrected chi connectivity index (χ2v) is 4.33. The average molecular weight is 260 g/mol. The summed E-state index contributed by atoms with van der Waals surface area (Å²) in [5, 5.41) is 7.28. The molecule has 0 heterocycles. The SMILES string of the molecule is COC(=N)CSc1ccc(Br)cc1. The van der Waals surface area contributed by atoms with Gasteiger partial charge in [-0.05, 0) is 24.3 Å². The number of benzene rings is 1. The number of thioether (sulfide) groups is 1. The summed E-state index contributed by atoms with van der Waals surface area (Å²) in [6, 6.07) is 7.99. The van der Waals surface area contributed by atoms with Gasteiger partial charge in [-0.25, -0.2) is 0 Å². The monoisotopic (exact) mass is 259 g/mol. The van der Waals surface area contributed by atoms with Crippen molar-refractivity contribution in [1.29, 1.82) is 5.41 Å². The third-order valence-electron chi connectivity index (χ3n) is 1.43. The van der Waals surface area contributed by atoms with E-state index in [2.05, 4.69) is 15.9 Å². The number of ether oxygens (including phenoxy) is 1. The van der Waals surface area contributed by atoms with Crippen LogP contribution < -0.4 is 0 Å². The number of halogens is 1. The van der Waals surface area contributed by atoms with Crippen molar-refractivity contribution in [3.8, 4) is 0 Å². The molecule has 1 N–H and O–H groups in total.